The standard InChI is InChI=1S/C20H12F2N4O/c1-11-19(15-7-6-14(21)8-16(15)22)20-24-17(9-18(27)26(20)25-11)13-4-2-12(10-23)3-5-13/h2-9,25H,1H3. The molecule has 0 aliphatic rings. The van der Waals surface area contributed by atoms with Crippen molar-refractivity contribution in [3.8, 4) is 28.5 Å². The van der Waals surface area contributed by atoms with Crippen LogP contribution in [0.1, 0.15) is 11.3 Å². The van der Waals surface area contributed by atoms with Crippen LogP contribution in [-0.2, 0) is 0 Å². The molecule has 5 nitrogen and oxygen atoms in total. The Hall–Kier alpha value is -3.79. The highest BCUT2D eigenvalue weighted by Gasteiger charge is 2.18. The number of hydrogen-bond acceptors (Lipinski definition) is 3. The molecule has 4 aromatic rings. The Balaban J connectivity index is 1.98. The second kappa shape index (κ2) is 6.18. The predicted octanol–water partition coefficient (Wildman–Crippen LogP) is 3.81. The fraction of sp³-hybridized carbons (Fsp3) is 0.0500. The Morgan fingerprint density at radius 3 is 2.52 bits per heavy atom. The molecule has 2 aromatic heterocycles. The molecule has 0 fully saturated rings. The first-order valence-electron chi connectivity index (χ1n) is 8.06. The van der Waals surface area contributed by atoms with Gasteiger partial charge in [-0.25, -0.2) is 18.3 Å². The molecule has 0 amide bonds. The second-order valence-electron chi connectivity index (χ2n) is 6.06. The van der Waals surface area contributed by atoms with Gasteiger partial charge in [0.25, 0.3) is 5.56 Å². The maximum absolute atomic E-state index is 14.3. The highest BCUT2D eigenvalue weighted by molar-refractivity contribution is 5.81. The zero-order valence-electron chi connectivity index (χ0n) is 14.1. The van der Waals surface area contributed by atoms with E-state index in [0.29, 0.717) is 28.1 Å². The number of nitrogens with zero attached hydrogens (tertiary/aromatic N) is 3. The maximum Gasteiger partial charge on any atom is 0.273 e. The van der Waals surface area contributed by atoms with Gasteiger partial charge < -0.3 is 0 Å². The third-order valence-electron chi connectivity index (χ3n) is 4.31. The highest BCUT2D eigenvalue weighted by atomic mass is 19.1. The smallest absolute Gasteiger partial charge is 0.273 e. The summed E-state index contributed by atoms with van der Waals surface area (Å²) in [6.07, 6.45) is 0. The number of halogens is 2. The van der Waals surface area contributed by atoms with Gasteiger partial charge >= 0.3 is 0 Å². The molecule has 4 rings (SSSR count). The van der Waals surface area contributed by atoms with Gasteiger partial charge in [0, 0.05) is 34.5 Å². The molecule has 0 saturated carbocycles. The Kier molecular flexibility index (Phi) is 3.81. The summed E-state index contributed by atoms with van der Waals surface area (Å²) in [5.74, 6) is -1.42. The lowest BCUT2D eigenvalue weighted by Crippen LogP contribution is -2.14. The van der Waals surface area contributed by atoms with Crippen LogP contribution in [-0.4, -0.2) is 14.6 Å². The van der Waals surface area contributed by atoms with Crippen LogP contribution >= 0.6 is 0 Å². The monoisotopic (exact) mass is 362 g/mol. The molecule has 2 aromatic carbocycles. The van der Waals surface area contributed by atoms with E-state index in [2.05, 4.69) is 10.1 Å². The minimum atomic E-state index is -0.738. The molecule has 0 aliphatic carbocycles. The fourth-order valence-electron chi connectivity index (χ4n) is 3.03. The lowest BCUT2D eigenvalue weighted by atomic mass is 10.1. The van der Waals surface area contributed by atoms with Gasteiger partial charge in [0.15, 0.2) is 5.65 Å². The van der Waals surface area contributed by atoms with Gasteiger partial charge in [-0.15, -0.1) is 0 Å². The largest absolute Gasteiger partial charge is 0.293 e. The molecular formula is C20H12F2N4O. The molecule has 132 valence electrons. The Morgan fingerprint density at radius 2 is 1.85 bits per heavy atom. The number of rotatable bonds is 2. The van der Waals surface area contributed by atoms with Gasteiger partial charge in [-0.3, -0.25) is 9.89 Å². The Morgan fingerprint density at radius 1 is 1.11 bits per heavy atom. The van der Waals surface area contributed by atoms with E-state index >= 15 is 0 Å². The summed E-state index contributed by atoms with van der Waals surface area (Å²) in [7, 11) is 0. The van der Waals surface area contributed by atoms with Gasteiger partial charge in [0.05, 0.1) is 17.3 Å². The second-order valence-corrected chi connectivity index (χ2v) is 6.06. The zero-order chi connectivity index (χ0) is 19.1. The van der Waals surface area contributed by atoms with Gasteiger partial charge in [-0.05, 0) is 31.2 Å². The van der Waals surface area contributed by atoms with E-state index < -0.39 is 11.6 Å². The Labute approximate surface area is 152 Å². The van der Waals surface area contributed by atoms with Crippen molar-refractivity contribution in [2.24, 2.45) is 0 Å². The number of benzene rings is 2. The van der Waals surface area contributed by atoms with Crippen LogP contribution in [0.5, 0.6) is 0 Å². The normalized spacial score (nSPS) is 10.9. The maximum atomic E-state index is 14.3. The fourth-order valence-corrected chi connectivity index (χ4v) is 3.03. The van der Waals surface area contributed by atoms with Crippen LogP contribution < -0.4 is 5.56 Å². The topological polar surface area (TPSA) is 73.9 Å². The van der Waals surface area contributed by atoms with Gasteiger partial charge in [-0.2, -0.15) is 5.26 Å². The summed E-state index contributed by atoms with van der Waals surface area (Å²) in [6.45, 7) is 1.69. The zero-order valence-corrected chi connectivity index (χ0v) is 14.1. The van der Waals surface area contributed by atoms with E-state index in [0.717, 1.165) is 12.1 Å². The van der Waals surface area contributed by atoms with Crippen molar-refractivity contribution in [2.45, 2.75) is 6.92 Å². The summed E-state index contributed by atoms with van der Waals surface area (Å²) in [5.41, 5.74) is 2.48. The van der Waals surface area contributed by atoms with Crippen molar-refractivity contribution in [1.82, 2.24) is 14.6 Å². The van der Waals surface area contributed by atoms with Crippen LogP contribution in [0.2, 0.25) is 0 Å². The number of H-pyrrole nitrogens is 1. The first-order chi connectivity index (χ1) is 13.0. The van der Waals surface area contributed by atoms with Crippen LogP contribution in [0.25, 0.3) is 28.0 Å². The summed E-state index contributed by atoms with van der Waals surface area (Å²) < 4.78 is 28.8. The molecule has 7 heteroatoms. The van der Waals surface area contributed by atoms with Gasteiger partial charge in [0.2, 0.25) is 0 Å². The lowest BCUT2D eigenvalue weighted by Gasteiger charge is -2.05. The quantitative estimate of drug-likeness (QED) is 0.589. The molecule has 27 heavy (non-hydrogen) atoms. The van der Waals surface area contributed by atoms with Gasteiger partial charge in [-0.1, -0.05) is 12.1 Å². The van der Waals surface area contributed by atoms with E-state index in [-0.39, 0.29) is 16.8 Å². The number of aryl methyl sites for hydroxylation is 1. The van der Waals surface area contributed by atoms with Crippen LogP contribution in [0.4, 0.5) is 8.78 Å². The number of fused-ring (bicyclic) bond motifs is 1. The minimum Gasteiger partial charge on any atom is -0.293 e. The van der Waals surface area contributed by atoms with Crippen molar-refractivity contribution in [2.75, 3.05) is 0 Å². The highest BCUT2D eigenvalue weighted by Crippen LogP contribution is 2.30. The summed E-state index contributed by atoms with van der Waals surface area (Å²) in [4.78, 5) is 17.0. The molecule has 0 spiro atoms. The third-order valence-corrected chi connectivity index (χ3v) is 4.31. The summed E-state index contributed by atoms with van der Waals surface area (Å²) in [5, 5.41) is 11.8. The number of nitrogens with one attached hydrogen (secondary N) is 1. The molecule has 0 bridgehead atoms. The van der Waals surface area contributed by atoms with Crippen molar-refractivity contribution in [1.29, 1.82) is 5.26 Å². The van der Waals surface area contributed by atoms with Crippen molar-refractivity contribution >= 4 is 5.65 Å². The number of hydrogen-bond donors (Lipinski definition) is 1. The third kappa shape index (κ3) is 2.77. The SMILES string of the molecule is Cc1[nH]n2c(=O)cc(-c3ccc(C#N)cc3)nc2c1-c1ccc(F)cc1F. The minimum absolute atomic E-state index is 0.150. The molecule has 0 unspecified atom stereocenters. The average molecular weight is 362 g/mol. The molecule has 0 saturated heterocycles. The molecule has 0 atom stereocenters. The summed E-state index contributed by atoms with van der Waals surface area (Å²) in [6, 6.07) is 13.3. The van der Waals surface area contributed by atoms with Crippen molar-refractivity contribution in [3.63, 3.8) is 0 Å². The van der Waals surface area contributed by atoms with E-state index in [9.17, 15) is 13.6 Å². The predicted molar refractivity (Wildman–Crippen MR) is 96.1 cm³/mol. The first-order valence-corrected chi connectivity index (χ1v) is 8.06. The van der Waals surface area contributed by atoms with Gasteiger partial charge in [0.1, 0.15) is 11.6 Å². The first kappa shape index (κ1) is 16.7. The molecule has 2 heterocycles. The van der Waals surface area contributed by atoms with Crippen molar-refractivity contribution < 1.29 is 8.78 Å². The van der Waals surface area contributed by atoms with E-state index in [1.807, 2.05) is 6.07 Å². The van der Waals surface area contributed by atoms with E-state index in [1.54, 1.807) is 31.2 Å². The molecule has 0 aliphatic heterocycles. The Bertz CT molecular complexity index is 1280. The van der Waals surface area contributed by atoms with Crippen LogP contribution in [0.15, 0.2) is 53.3 Å². The van der Waals surface area contributed by atoms with E-state index in [1.165, 1.54) is 16.6 Å². The lowest BCUT2D eigenvalue weighted by molar-refractivity contribution is 0.585. The number of aromatic nitrogens is 3. The molecular weight excluding hydrogens is 350 g/mol. The summed E-state index contributed by atoms with van der Waals surface area (Å²) >= 11 is 0. The van der Waals surface area contributed by atoms with Crippen LogP contribution in [0, 0.1) is 29.9 Å². The van der Waals surface area contributed by atoms with Crippen LogP contribution in [0.3, 0.4) is 0 Å². The van der Waals surface area contributed by atoms with Crippen molar-refractivity contribution in [3.05, 3.63) is 81.8 Å². The molecule has 0 radical (unpaired) electrons. The molecule has 1 N–H and O–H groups in total. The number of nitriles is 1. The number of aromatic amines is 1. The average Bonchev–Trinajstić information content (AvgIpc) is 2.98. The van der Waals surface area contributed by atoms with E-state index in [4.69, 9.17) is 5.26 Å².